The molecule has 1 atom stereocenters. The molecule has 1 amide bonds. The van der Waals surface area contributed by atoms with Crippen molar-refractivity contribution in [2.24, 2.45) is 0 Å². The Morgan fingerprint density at radius 3 is 2.35 bits per heavy atom. The molecule has 0 spiro atoms. The fourth-order valence-electron chi connectivity index (χ4n) is 2.19. The zero-order chi connectivity index (χ0) is 15.3. The monoisotopic (exact) mass is 281 g/mol. The molecule has 6 heteroatoms. The van der Waals surface area contributed by atoms with Gasteiger partial charge in [-0.25, -0.2) is 4.79 Å². The second kappa shape index (κ2) is 6.27. The molecule has 1 rings (SSSR count). The fraction of sp³-hybridized carbons (Fsp3) is 0.429. The van der Waals surface area contributed by atoms with Crippen molar-refractivity contribution >= 4 is 11.9 Å². The van der Waals surface area contributed by atoms with Crippen LogP contribution in [0, 0.1) is 0 Å². The van der Waals surface area contributed by atoms with E-state index in [1.165, 1.54) is 21.1 Å². The van der Waals surface area contributed by atoms with Crippen LogP contribution in [-0.2, 0) is 15.1 Å². The lowest BCUT2D eigenvalue weighted by Crippen LogP contribution is -2.51. The number of ether oxygens (including phenoxy) is 2. The van der Waals surface area contributed by atoms with Crippen molar-refractivity contribution in [3.63, 3.8) is 0 Å². The van der Waals surface area contributed by atoms with Crippen LogP contribution in [0.2, 0.25) is 0 Å². The van der Waals surface area contributed by atoms with Crippen molar-refractivity contribution in [3.8, 4) is 11.5 Å². The van der Waals surface area contributed by atoms with E-state index < -0.39 is 17.4 Å². The average Bonchev–Trinajstić information content (AvgIpc) is 2.43. The molecule has 6 nitrogen and oxygen atoms in total. The van der Waals surface area contributed by atoms with Gasteiger partial charge in [0.25, 0.3) is 0 Å². The lowest BCUT2D eigenvalue weighted by molar-refractivity contribution is -0.148. The fourth-order valence-corrected chi connectivity index (χ4v) is 2.19. The highest BCUT2D eigenvalue weighted by atomic mass is 16.5. The third kappa shape index (κ3) is 2.68. The Morgan fingerprint density at radius 2 is 1.95 bits per heavy atom. The summed E-state index contributed by atoms with van der Waals surface area (Å²) in [6, 6.07) is 4.93. The Bertz CT molecular complexity index is 514. The van der Waals surface area contributed by atoms with E-state index >= 15 is 0 Å². The minimum absolute atomic E-state index is 0.172. The molecule has 0 aliphatic carbocycles. The van der Waals surface area contributed by atoms with E-state index in [2.05, 4.69) is 5.32 Å². The second-order valence-electron chi connectivity index (χ2n) is 4.29. The highest BCUT2D eigenvalue weighted by Crippen LogP contribution is 2.39. The first kappa shape index (κ1) is 15.8. The van der Waals surface area contributed by atoms with Gasteiger partial charge in [-0.1, -0.05) is 19.1 Å². The van der Waals surface area contributed by atoms with Gasteiger partial charge in [-0.3, -0.25) is 4.79 Å². The van der Waals surface area contributed by atoms with E-state index in [1.807, 2.05) is 0 Å². The lowest BCUT2D eigenvalue weighted by atomic mass is 9.86. The molecule has 20 heavy (non-hydrogen) atoms. The van der Waals surface area contributed by atoms with Crippen molar-refractivity contribution in [2.75, 3.05) is 14.2 Å². The maximum absolute atomic E-state index is 11.7. The van der Waals surface area contributed by atoms with Crippen LogP contribution in [0.4, 0.5) is 0 Å². The number of aliphatic carboxylic acids is 1. The Kier molecular flexibility index (Phi) is 4.96. The minimum atomic E-state index is -1.55. The maximum Gasteiger partial charge on any atom is 0.334 e. The van der Waals surface area contributed by atoms with Crippen LogP contribution in [0.5, 0.6) is 11.5 Å². The molecule has 0 bridgehead atoms. The molecule has 0 radical (unpaired) electrons. The molecule has 0 saturated carbocycles. The van der Waals surface area contributed by atoms with Gasteiger partial charge in [-0.05, 0) is 12.5 Å². The highest BCUT2D eigenvalue weighted by molar-refractivity contribution is 5.88. The van der Waals surface area contributed by atoms with E-state index in [1.54, 1.807) is 25.1 Å². The van der Waals surface area contributed by atoms with Gasteiger partial charge in [0.1, 0.15) is 0 Å². The first-order valence-electron chi connectivity index (χ1n) is 6.16. The molecular formula is C14H19NO5. The molecule has 0 aromatic heterocycles. The molecule has 1 aromatic rings. The molecule has 2 N–H and O–H groups in total. The van der Waals surface area contributed by atoms with Crippen LogP contribution in [-0.4, -0.2) is 31.2 Å². The molecule has 1 unspecified atom stereocenters. The molecule has 0 fully saturated rings. The largest absolute Gasteiger partial charge is 0.493 e. The number of carboxylic acids is 1. The first-order valence-corrected chi connectivity index (χ1v) is 6.16. The average molecular weight is 281 g/mol. The number of para-hydroxylation sites is 1. The van der Waals surface area contributed by atoms with Gasteiger partial charge in [0.15, 0.2) is 17.0 Å². The number of benzene rings is 1. The Labute approximate surface area is 117 Å². The topological polar surface area (TPSA) is 84.9 Å². The highest BCUT2D eigenvalue weighted by Gasteiger charge is 2.42. The molecule has 0 aliphatic heterocycles. The summed E-state index contributed by atoms with van der Waals surface area (Å²) >= 11 is 0. The van der Waals surface area contributed by atoms with Crippen LogP contribution < -0.4 is 14.8 Å². The Hall–Kier alpha value is -2.24. The number of carboxylic acid groups (broad SMARTS) is 1. The summed E-state index contributed by atoms with van der Waals surface area (Å²) in [4.78, 5) is 23.1. The number of carbonyl (C=O) groups excluding carboxylic acids is 1. The predicted octanol–water partition coefficient (Wildman–Crippen LogP) is 1.53. The molecule has 0 saturated heterocycles. The third-order valence-electron chi connectivity index (χ3n) is 3.15. The smallest absolute Gasteiger partial charge is 0.334 e. The van der Waals surface area contributed by atoms with Gasteiger partial charge in [-0.2, -0.15) is 0 Å². The summed E-state index contributed by atoms with van der Waals surface area (Å²) in [5.74, 6) is -0.872. The first-order chi connectivity index (χ1) is 9.42. The van der Waals surface area contributed by atoms with Crippen LogP contribution >= 0.6 is 0 Å². The molecule has 1 aromatic carbocycles. The van der Waals surface area contributed by atoms with Crippen LogP contribution in [0.1, 0.15) is 25.8 Å². The Morgan fingerprint density at radius 1 is 1.30 bits per heavy atom. The summed E-state index contributed by atoms with van der Waals surface area (Å²) in [7, 11) is 2.89. The zero-order valence-corrected chi connectivity index (χ0v) is 12.0. The normalized spacial score (nSPS) is 13.2. The number of rotatable bonds is 6. The third-order valence-corrected chi connectivity index (χ3v) is 3.15. The van der Waals surface area contributed by atoms with E-state index in [-0.39, 0.29) is 6.42 Å². The van der Waals surface area contributed by atoms with Crippen molar-refractivity contribution < 1.29 is 24.2 Å². The summed E-state index contributed by atoms with van der Waals surface area (Å²) in [6.45, 7) is 2.96. The van der Waals surface area contributed by atoms with Crippen LogP contribution in [0.15, 0.2) is 18.2 Å². The second-order valence-corrected chi connectivity index (χ2v) is 4.29. The van der Waals surface area contributed by atoms with Crippen molar-refractivity contribution in [1.29, 1.82) is 0 Å². The SMILES string of the molecule is CCC(NC(C)=O)(C(=O)O)c1cccc(OC)c1OC. The van der Waals surface area contributed by atoms with Gasteiger partial charge in [-0.15, -0.1) is 0 Å². The van der Waals surface area contributed by atoms with Crippen molar-refractivity contribution in [2.45, 2.75) is 25.8 Å². The van der Waals surface area contributed by atoms with Gasteiger partial charge in [0, 0.05) is 12.5 Å². The quantitative estimate of drug-likeness (QED) is 0.826. The molecule has 0 heterocycles. The van der Waals surface area contributed by atoms with E-state index in [9.17, 15) is 14.7 Å². The van der Waals surface area contributed by atoms with Crippen molar-refractivity contribution in [1.82, 2.24) is 5.32 Å². The summed E-state index contributed by atoms with van der Waals surface area (Å²) in [6.07, 6.45) is 0.172. The number of methoxy groups -OCH3 is 2. The number of hydrogen-bond donors (Lipinski definition) is 2. The van der Waals surface area contributed by atoms with Gasteiger partial charge in [0.2, 0.25) is 5.91 Å². The zero-order valence-electron chi connectivity index (χ0n) is 12.0. The summed E-state index contributed by atoms with van der Waals surface area (Å²) in [5, 5.41) is 12.1. The number of hydrogen-bond acceptors (Lipinski definition) is 4. The maximum atomic E-state index is 11.7. The van der Waals surface area contributed by atoms with E-state index in [0.717, 1.165) is 0 Å². The van der Waals surface area contributed by atoms with Crippen molar-refractivity contribution in [3.05, 3.63) is 23.8 Å². The predicted molar refractivity (Wildman–Crippen MR) is 73.0 cm³/mol. The lowest BCUT2D eigenvalue weighted by Gasteiger charge is -2.31. The number of amides is 1. The minimum Gasteiger partial charge on any atom is -0.493 e. The standard InChI is InChI=1S/C14H19NO5/c1-5-14(13(17)18,15-9(2)16)10-7-6-8-11(19-3)12(10)20-4/h6-8H,5H2,1-4H3,(H,15,16)(H,17,18). The molecule has 0 aliphatic rings. The molecule has 110 valence electrons. The van der Waals surface area contributed by atoms with E-state index in [0.29, 0.717) is 17.1 Å². The summed E-state index contributed by atoms with van der Waals surface area (Å²) in [5.41, 5.74) is -1.20. The van der Waals surface area contributed by atoms with Gasteiger partial charge < -0.3 is 19.9 Å². The van der Waals surface area contributed by atoms with Gasteiger partial charge in [0.05, 0.1) is 14.2 Å². The molecular weight excluding hydrogens is 262 g/mol. The number of carbonyl (C=O) groups is 2. The number of nitrogens with one attached hydrogen (secondary N) is 1. The van der Waals surface area contributed by atoms with Crippen LogP contribution in [0.25, 0.3) is 0 Å². The summed E-state index contributed by atoms with van der Waals surface area (Å²) < 4.78 is 10.4. The van der Waals surface area contributed by atoms with E-state index in [4.69, 9.17) is 9.47 Å². The van der Waals surface area contributed by atoms with Gasteiger partial charge >= 0.3 is 5.97 Å². The Balaban J connectivity index is 3.56. The van der Waals surface area contributed by atoms with Crippen LogP contribution in [0.3, 0.4) is 0 Å².